The van der Waals surface area contributed by atoms with Crippen LogP contribution in [0.2, 0.25) is 0 Å². The van der Waals surface area contributed by atoms with Crippen LogP contribution < -0.4 is 0 Å². The number of fused-ring (bicyclic) bond motifs is 3. The summed E-state index contributed by atoms with van der Waals surface area (Å²) in [5.74, 6) is -1.22. The molecule has 1 aromatic heterocycles. The van der Waals surface area contributed by atoms with Crippen LogP contribution in [0.1, 0.15) is 62.4 Å². The Kier molecular flexibility index (Phi) is 6.22. The van der Waals surface area contributed by atoms with Gasteiger partial charge in [0.25, 0.3) is 0 Å². The van der Waals surface area contributed by atoms with Crippen molar-refractivity contribution in [2.24, 2.45) is 0 Å². The summed E-state index contributed by atoms with van der Waals surface area (Å²) in [6.07, 6.45) is 2.53. The van der Waals surface area contributed by atoms with Gasteiger partial charge < -0.3 is 9.84 Å². The van der Waals surface area contributed by atoms with Crippen LogP contribution in [0.25, 0.3) is 11.1 Å². The van der Waals surface area contributed by atoms with E-state index in [1.807, 2.05) is 38.1 Å². The summed E-state index contributed by atoms with van der Waals surface area (Å²) in [7, 11) is 0. The zero-order valence-corrected chi connectivity index (χ0v) is 19.3. The summed E-state index contributed by atoms with van der Waals surface area (Å²) in [6, 6.07) is 14.7. The molecule has 0 bridgehead atoms. The zero-order valence-electron chi connectivity index (χ0n) is 19.3. The molecule has 7 nitrogen and oxygen atoms in total. The molecule has 1 amide bonds. The fourth-order valence-corrected chi connectivity index (χ4v) is 4.48. The Labute approximate surface area is 193 Å². The predicted molar refractivity (Wildman–Crippen MR) is 125 cm³/mol. The van der Waals surface area contributed by atoms with E-state index < -0.39 is 18.1 Å². The fourth-order valence-electron chi connectivity index (χ4n) is 4.48. The molecule has 7 heteroatoms. The van der Waals surface area contributed by atoms with Gasteiger partial charge in [-0.1, -0.05) is 48.5 Å². The maximum Gasteiger partial charge on any atom is 0.411 e. The van der Waals surface area contributed by atoms with Gasteiger partial charge in [-0.05, 0) is 49.9 Å². The number of hydrogen-bond donors (Lipinski definition) is 1. The molecule has 4 rings (SSSR count). The summed E-state index contributed by atoms with van der Waals surface area (Å²) in [5.41, 5.74) is 4.93. The second-order valence-electron chi connectivity index (χ2n) is 8.89. The maximum absolute atomic E-state index is 13.2. The average molecular weight is 448 g/mol. The number of carboxylic acid groups (broad SMARTS) is 1. The van der Waals surface area contributed by atoms with E-state index in [1.165, 1.54) is 11.1 Å². The van der Waals surface area contributed by atoms with Crippen LogP contribution in [-0.2, 0) is 9.53 Å². The van der Waals surface area contributed by atoms with Gasteiger partial charge in [0.15, 0.2) is 6.04 Å². The number of nitrogens with zero attached hydrogens (tertiary/aromatic N) is 3. The first-order valence-electron chi connectivity index (χ1n) is 11.2. The van der Waals surface area contributed by atoms with Crippen molar-refractivity contribution >= 4 is 12.1 Å². The molecule has 2 aromatic carbocycles. The standard InChI is InChI=1S/C26H29N3O4/c1-16(2)28-14-18(13-27-28)24(25(30)31)29(17(3)4)26(32)33-15-23-21-11-7-5-9-19(21)20-10-6-8-12-22(20)23/h5-14,16-17,23-24H,15H2,1-4H3,(H,30,31). The predicted octanol–water partition coefficient (Wildman–Crippen LogP) is 5.25. The van der Waals surface area contributed by atoms with E-state index in [9.17, 15) is 14.7 Å². The number of amides is 1. The van der Waals surface area contributed by atoms with Crippen LogP contribution in [-0.4, -0.2) is 44.5 Å². The van der Waals surface area contributed by atoms with E-state index in [4.69, 9.17) is 4.74 Å². The summed E-state index contributed by atoms with van der Waals surface area (Å²) in [5, 5.41) is 14.3. The van der Waals surface area contributed by atoms with Gasteiger partial charge in [0.1, 0.15) is 6.61 Å². The van der Waals surface area contributed by atoms with Crippen LogP contribution in [0.4, 0.5) is 4.79 Å². The van der Waals surface area contributed by atoms with E-state index in [2.05, 4.69) is 29.4 Å². The molecule has 0 saturated heterocycles. The monoisotopic (exact) mass is 447 g/mol. The third-order valence-corrected chi connectivity index (χ3v) is 6.08. The second-order valence-corrected chi connectivity index (χ2v) is 8.89. The largest absolute Gasteiger partial charge is 0.479 e. The Morgan fingerprint density at radius 2 is 1.61 bits per heavy atom. The van der Waals surface area contributed by atoms with Crippen molar-refractivity contribution in [3.05, 3.63) is 77.6 Å². The van der Waals surface area contributed by atoms with Crippen molar-refractivity contribution in [1.82, 2.24) is 14.7 Å². The minimum Gasteiger partial charge on any atom is -0.479 e. The molecule has 1 N–H and O–H groups in total. The molecular weight excluding hydrogens is 418 g/mol. The lowest BCUT2D eigenvalue weighted by atomic mass is 9.98. The summed E-state index contributed by atoms with van der Waals surface area (Å²) < 4.78 is 7.45. The molecule has 1 aliphatic rings. The highest BCUT2D eigenvalue weighted by Gasteiger charge is 2.37. The van der Waals surface area contributed by atoms with Crippen LogP contribution >= 0.6 is 0 Å². The Morgan fingerprint density at radius 1 is 1.03 bits per heavy atom. The Bertz CT molecular complexity index is 1120. The van der Waals surface area contributed by atoms with E-state index in [0.29, 0.717) is 5.56 Å². The molecule has 3 aromatic rings. The van der Waals surface area contributed by atoms with Gasteiger partial charge in [-0.25, -0.2) is 9.59 Å². The number of aliphatic carboxylic acids is 1. The number of carboxylic acids is 1. The Morgan fingerprint density at radius 3 is 2.09 bits per heavy atom. The van der Waals surface area contributed by atoms with Gasteiger partial charge in [-0.3, -0.25) is 9.58 Å². The number of hydrogen-bond acceptors (Lipinski definition) is 4. The van der Waals surface area contributed by atoms with Gasteiger partial charge in [-0.15, -0.1) is 0 Å². The van der Waals surface area contributed by atoms with E-state index in [1.54, 1.807) is 24.7 Å². The Balaban J connectivity index is 1.58. The van der Waals surface area contributed by atoms with Gasteiger partial charge in [-0.2, -0.15) is 5.10 Å². The van der Waals surface area contributed by atoms with Crippen molar-refractivity contribution in [2.75, 3.05) is 6.61 Å². The molecule has 0 aliphatic heterocycles. The van der Waals surface area contributed by atoms with Gasteiger partial charge >= 0.3 is 12.1 Å². The molecule has 33 heavy (non-hydrogen) atoms. The molecule has 0 spiro atoms. The SMILES string of the molecule is CC(C)N(C(=O)OCC1c2ccccc2-c2ccccc21)C(C(=O)O)c1cnn(C(C)C)c1. The van der Waals surface area contributed by atoms with E-state index in [-0.39, 0.29) is 24.6 Å². The van der Waals surface area contributed by atoms with Gasteiger partial charge in [0.05, 0.1) is 6.20 Å². The van der Waals surface area contributed by atoms with Crippen LogP contribution in [0.5, 0.6) is 0 Å². The highest BCUT2D eigenvalue weighted by atomic mass is 16.6. The zero-order chi connectivity index (χ0) is 23.7. The van der Waals surface area contributed by atoms with Crippen LogP contribution in [0.3, 0.4) is 0 Å². The van der Waals surface area contributed by atoms with E-state index >= 15 is 0 Å². The molecule has 0 saturated carbocycles. The molecule has 1 aliphatic carbocycles. The first-order chi connectivity index (χ1) is 15.8. The lowest BCUT2D eigenvalue weighted by molar-refractivity contribution is -0.143. The van der Waals surface area contributed by atoms with Crippen molar-refractivity contribution in [3.63, 3.8) is 0 Å². The number of aromatic nitrogens is 2. The van der Waals surface area contributed by atoms with Crippen LogP contribution in [0.15, 0.2) is 60.9 Å². The molecule has 1 atom stereocenters. The van der Waals surface area contributed by atoms with Gasteiger partial charge in [0.2, 0.25) is 0 Å². The smallest absolute Gasteiger partial charge is 0.411 e. The highest BCUT2D eigenvalue weighted by molar-refractivity contribution is 5.82. The topological polar surface area (TPSA) is 84.7 Å². The molecule has 0 fully saturated rings. The van der Waals surface area contributed by atoms with Crippen molar-refractivity contribution in [3.8, 4) is 11.1 Å². The molecular formula is C26H29N3O4. The van der Waals surface area contributed by atoms with Crippen molar-refractivity contribution < 1.29 is 19.4 Å². The number of carbonyl (C=O) groups is 2. The molecule has 172 valence electrons. The first kappa shape index (κ1) is 22.6. The van der Waals surface area contributed by atoms with Crippen molar-refractivity contribution in [2.45, 2.75) is 51.7 Å². The average Bonchev–Trinajstić information content (AvgIpc) is 3.39. The second kappa shape index (κ2) is 9.10. The third kappa shape index (κ3) is 4.23. The number of benzene rings is 2. The maximum atomic E-state index is 13.2. The summed E-state index contributed by atoms with van der Waals surface area (Å²) in [4.78, 5) is 26.7. The number of carbonyl (C=O) groups excluding carboxylic acids is 1. The minimum atomic E-state index is -1.19. The quantitative estimate of drug-likeness (QED) is 0.535. The fraction of sp³-hybridized carbons (Fsp3) is 0.346. The third-order valence-electron chi connectivity index (χ3n) is 6.08. The minimum absolute atomic E-state index is 0.0788. The summed E-state index contributed by atoms with van der Waals surface area (Å²) in [6.45, 7) is 7.61. The number of rotatable bonds is 7. The highest BCUT2D eigenvalue weighted by Crippen LogP contribution is 2.44. The van der Waals surface area contributed by atoms with Crippen LogP contribution in [0, 0.1) is 0 Å². The first-order valence-corrected chi connectivity index (χ1v) is 11.2. The summed E-state index contributed by atoms with van der Waals surface area (Å²) >= 11 is 0. The van der Waals surface area contributed by atoms with Crippen molar-refractivity contribution in [1.29, 1.82) is 0 Å². The number of ether oxygens (including phenoxy) is 1. The lowest BCUT2D eigenvalue weighted by Crippen LogP contribution is -2.44. The molecule has 1 heterocycles. The normalized spacial score (nSPS) is 13.6. The Hall–Kier alpha value is -3.61. The van der Waals surface area contributed by atoms with Gasteiger partial charge in [0, 0.05) is 29.8 Å². The van der Waals surface area contributed by atoms with E-state index in [0.717, 1.165) is 22.3 Å². The molecule has 1 unspecified atom stereocenters. The lowest BCUT2D eigenvalue weighted by Gasteiger charge is -2.31. The molecule has 0 radical (unpaired) electrons.